The van der Waals surface area contributed by atoms with Crippen LogP contribution < -0.4 is 14.8 Å². The molecule has 3 aromatic rings. The van der Waals surface area contributed by atoms with Crippen molar-refractivity contribution >= 4 is 28.7 Å². The van der Waals surface area contributed by atoms with Gasteiger partial charge in [0.05, 0.1) is 18.9 Å². The van der Waals surface area contributed by atoms with Crippen LogP contribution >= 0.6 is 0 Å². The van der Waals surface area contributed by atoms with E-state index in [0.29, 0.717) is 5.84 Å². The number of hydrogen-bond acceptors (Lipinski definition) is 6. The fourth-order valence-electron chi connectivity index (χ4n) is 4.27. The number of rotatable bonds is 5. The highest BCUT2D eigenvalue weighted by Gasteiger charge is 2.39. The fraction of sp³-hybridized carbons (Fsp3) is 0.231. The number of carbonyl (C=O) groups excluding carboxylic acids is 1. The molecule has 5 rings (SSSR count). The summed E-state index contributed by atoms with van der Waals surface area (Å²) in [6.45, 7) is 4.84. The number of Topliss-reactive ketones (excluding diaryl/α,β-unsaturated/α-hetero) is 1. The summed E-state index contributed by atoms with van der Waals surface area (Å²) in [7, 11) is 0. The van der Waals surface area contributed by atoms with Gasteiger partial charge in [-0.25, -0.2) is 5.01 Å². The average Bonchev–Trinajstić information content (AvgIpc) is 3.27. The number of anilines is 3. The van der Waals surface area contributed by atoms with Crippen LogP contribution in [-0.4, -0.2) is 37.9 Å². The molecule has 6 nitrogen and oxygen atoms in total. The Balaban J connectivity index is 1.56. The number of benzene rings is 3. The summed E-state index contributed by atoms with van der Waals surface area (Å²) in [5, 5.41) is 6.72. The average molecular weight is 427 g/mol. The molecular weight excluding hydrogens is 400 g/mol. The molecule has 2 heterocycles. The van der Waals surface area contributed by atoms with Crippen LogP contribution in [0.3, 0.4) is 0 Å². The van der Waals surface area contributed by atoms with E-state index in [4.69, 9.17) is 9.84 Å². The van der Waals surface area contributed by atoms with Gasteiger partial charge in [0.2, 0.25) is 0 Å². The Morgan fingerprint density at radius 2 is 1.41 bits per heavy atom. The number of hydrogen-bond donors (Lipinski definition) is 0. The summed E-state index contributed by atoms with van der Waals surface area (Å²) in [5.74, 6) is 0.364. The second kappa shape index (κ2) is 8.85. The van der Waals surface area contributed by atoms with Crippen LogP contribution in [0.2, 0.25) is 0 Å². The van der Waals surface area contributed by atoms with Gasteiger partial charge in [-0.05, 0) is 42.0 Å². The highest BCUT2D eigenvalue weighted by atomic mass is 16.5. The minimum absolute atomic E-state index is 0.0679. The third kappa shape index (κ3) is 3.85. The molecule has 162 valence electrons. The first-order chi connectivity index (χ1) is 15.7. The second-order valence-electron chi connectivity index (χ2n) is 7.93. The molecular formula is C26H26N4O2. The number of ketones is 1. The molecule has 0 aliphatic carbocycles. The van der Waals surface area contributed by atoms with Gasteiger partial charge in [0, 0.05) is 31.4 Å². The van der Waals surface area contributed by atoms with E-state index in [1.165, 1.54) is 0 Å². The lowest BCUT2D eigenvalue weighted by molar-refractivity contribution is -0.111. The molecule has 0 bridgehead atoms. The van der Waals surface area contributed by atoms with Crippen molar-refractivity contribution in [2.75, 3.05) is 41.1 Å². The molecule has 1 atom stereocenters. The van der Waals surface area contributed by atoms with Crippen LogP contribution in [0.25, 0.3) is 0 Å². The SMILES string of the molecule is CC(=O)C1=NN(c2ccccc2)[C@@H](c2ccccc2)N1c1ccc(N2CCOCC2)cc1. The standard InChI is InChI=1S/C26H26N4O2/c1-20(31)25-27-30(24-10-6-3-7-11-24)26(21-8-4-2-5-9-21)29(25)23-14-12-22(13-15-23)28-16-18-32-19-17-28/h2-15,26H,16-19H2,1H3/t26-/m0/s1. The van der Waals surface area contributed by atoms with Gasteiger partial charge >= 0.3 is 0 Å². The molecule has 2 aliphatic rings. The number of amidine groups is 1. The lowest BCUT2D eigenvalue weighted by Crippen LogP contribution is -2.38. The maximum atomic E-state index is 12.7. The van der Waals surface area contributed by atoms with Gasteiger partial charge in [0.1, 0.15) is 0 Å². The number of ether oxygens (including phenoxy) is 1. The maximum Gasteiger partial charge on any atom is 0.198 e. The van der Waals surface area contributed by atoms with Gasteiger partial charge in [-0.2, -0.15) is 0 Å². The predicted molar refractivity (Wildman–Crippen MR) is 128 cm³/mol. The van der Waals surface area contributed by atoms with Crippen LogP contribution in [0.5, 0.6) is 0 Å². The number of morpholine rings is 1. The van der Waals surface area contributed by atoms with E-state index in [1.54, 1.807) is 6.92 Å². The summed E-state index contributed by atoms with van der Waals surface area (Å²) < 4.78 is 5.47. The maximum absolute atomic E-state index is 12.7. The monoisotopic (exact) mass is 426 g/mol. The molecule has 0 spiro atoms. The molecule has 2 aliphatic heterocycles. The zero-order chi connectivity index (χ0) is 21.9. The van der Waals surface area contributed by atoms with E-state index in [2.05, 4.69) is 41.3 Å². The Bertz CT molecular complexity index is 1090. The van der Waals surface area contributed by atoms with E-state index in [1.807, 2.05) is 58.4 Å². The zero-order valence-corrected chi connectivity index (χ0v) is 18.1. The van der Waals surface area contributed by atoms with Crippen molar-refractivity contribution in [1.29, 1.82) is 0 Å². The Morgan fingerprint density at radius 1 is 0.812 bits per heavy atom. The quantitative estimate of drug-likeness (QED) is 0.603. The van der Waals surface area contributed by atoms with Crippen molar-refractivity contribution in [1.82, 2.24) is 0 Å². The van der Waals surface area contributed by atoms with Crippen molar-refractivity contribution < 1.29 is 9.53 Å². The van der Waals surface area contributed by atoms with Gasteiger partial charge in [0.25, 0.3) is 0 Å². The third-order valence-electron chi connectivity index (χ3n) is 5.84. The Kier molecular flexibility index (Phi) is 5.60. The smallest absolute Gasteiger partial charge is 0.198 e. The van der Waals surface area contributed by atoms with Crippen molar-refractivity contribution in [3.8, 4) is 0 Å². The molecule has 0 saturated carbocycles. The van der Waals surface area contributed by atoms with E-state index >= 15 is 0 Å². The van der Waals surface area contributed by atoms with Gasteiger partial charge in [-0.1, -0.05) is 48.5 Å². The van der Waals surface area contributed by atoms with Crippen molar-refractivity contribution in [3.63, 3.8) is 0 Å². The molecule has 3 aromatic carbocycles. The number of carbonyl (C=O) groups is 1. The Hall–Kier alpha value is -3.64. The Morgan fingerprint density at radius 3 is 2.03 bits per heavy atom. The summed E-state index contributed by atoms with van der Waals surface area (Å²) in [4.78, 5) is 17.0. The molecule has 32 heavy (non-hydrogen) atoms. The van der Waals surface area contributed by atoms with E-state index in [-0.39, 0.29) is 11.9 Å². The minimum atomic E-state index is -0.258. The van der Waals surface area contributed by atoms with E-state index < -0.39 is 0 Å². The summed E-state index contributed by atoms with van der Waals surface area (Å²) in [6.07, 6.45) is -0.258. The van der Waals surface area contributed by atoms with Crippen molar-refractivity contribution in [2.45, 2.75) is 13.1 Å². The highest BCUT2D eigenvalue weighted by Crippen LogP contribution is 2.39. The molecule has 0 amide bonds. The van der Waals surface area contributed by atoms with Gasteiger partial charge in [-0.15, -0.1) is 5.10 Å². The third-order valence-corrected chi connectivity index (χ3v) is 5.84. The number of nitrogens with zero attached hydrogens (tertiary/aromatic N) is 4. The van der Waals surface area contributed by atoms with Crippen LogP contribution in [0.4, 0.5) is 17.1 Å². The normalized spacial score (nSPS) is 18.6. The molecule has 1 saturated heterocycles. The van der Waals surface area contributed by atoms with Crippen LogP contribution in [0.1, 0.15) is 18.7 Å². The number of hydrazone groups is 1. The van der Waals surface area contributed by atoms with Crippen LogP contribution in [-0.2, 0) is 9.53 Å². The largest absolute Gasteiger partial charge is 0.378 e. The molecule has 0 unspecified atom stereocenters. The van der Waals surface area contributed by atoms with Crippen molar-refractivity contribution in [3.05, 3.63) is 90.5 Å². The lowest BCUT2D eigenvalue weighted by Gasteiger charge is -2.33. The van der Waals surface area contributed by atoms with Crippen LogP contribution in [0, 0.1) is 0 Å². The van der Waals surface area contributed by atoms with Crippen molar-refractivity contribution in [2.24, 2.45) is 5.10 Å². The highest BCUT2D eigenvalue weighted by molar-refractivity contribution is 6.44. The second-order valence-corrected chi connectivity index (χ2v) is 7.93. The fourth-order valence-corrected chi connectivity index (χ4v) is 4.27. The van der Waals surface area contributed by atoms with E-state index in [0.717, 1.165) is 48.9 Å². The zero-order valence-electron chi connectivity index (χ0n) is 18.1. The molecule has 0 radical (unpaired) electrons. The van der Waals surface area contributed by atoms with E-state index in [9.17, 15) is 4.79 Å². The van der Waals surface area contributed by atoms with Crippen LogP contribution in [0.15, 0.2) is 90.0 Å². The topological polar surface area (TPSA) is 48.4 Å². The first-order valence-electron chi connectivity index (χ1n) is 10.9. The first kappa shape index (κ1) is 20.3. The molecule has 0 aromatic heterocycles. The molecule has 6 heteroatoms. The lowest BCUT2D eigenvalue weighted by atomic mass is 10.1. The van der Waals surface area contributed by atoms with Gasteiger partial charge < -0.3 is 9.64 Å². The summed E-state index contributed by atoms with van der Waals surface area (Å²) >= 11 is 0. The summed E-state index contributed by atoms with van der Waals surface area (Å²) in [6, 6.07) is 28.6. The predicted octanol–water partition coefficient (Wildman–Crippen LogP) is 4.45. The number of para-hydroxylation sites is 1. The Labute approximate surface area is 188 Å². The molecule has 1 fully saturated rings. The summed E-state index contributed by atoms with van der Waals surface area (Å²) in [5.41, 5.74) is 4.10. The van der Waals surface area contributed by atoms with Gasteiger partial charge in [-0.3, -0.25) is 9.69 Å². The first-order valence-corrected chi connectivity index (χ1v) is 10.9. The minimum Gasteiger partial charge on any atom is -0.378 e. The van der Waals surface area contributed by atoms with Gasteiger partial charge in [0.15, 0.2) is 17.8 Å². The molecule has 0 N–H and O–H groups in total.